The topological polar surface area (TPSA) is 48.4 Å². The Morgan fingerprint density at radius 2 is 2.03 bits per heavy atom. The van der Waals surface area contributed by atoms with Crippen molar-refractivity contribution in [3.8, 4) is 5.75 Å². The molecule has 3 aliphatic rings. The minimum atomic E-state index is -0.243. The maximum atomic E-state index is 11.9. The van der Waals surface area contributed by atoms with E-state index in [0.717, 1.165) is 18.6 Å². The van der Waals surface area contributed by atoms with E-state index >= 15 is 0 Å². The molecule has 0 saturated heterocycles. The number of hydrogen-bond donors (Lipinski definition) is 0. The van der Waals surface area contributed by atoms with Crippen LogP contribution in [0, 0.1) is 17.3 Å². The first kappa shape index (κ1) is 19.3. The number of pyridine rings is 1. The van der Waals surface area contributed by atoms with Gasteiger partial charge in [0.2, 0.25) is 0 Å². The molecule has 1 aromatic heterocycles. The third-order valence-corrected chi connectivity index (χ3v) is 7.99. The van der Waals surface area contributed by atoms with Gasteiger partial charge in [-0.05, 0) is 95.7 Å². The number of benzene rings is 1. The quantitative estimate of drug-likeness (QED) is 0.642. The highest BCUT2D eigenvalue weighted by Gasteiger charge is 2.52. The molecule has 30 heavy (non-hydrogen) atoms. The van der Waals surface area contributed by atoms with Crippen LogP contribution >= 0.6 is 0 Å². The van der Waals surface area contributed by atoms with E-state index in [4.69, 9.17) is 9.47 Å². The van der Waals surface area contributed by atoms with Gasteiger partial charge in [-0.15, -0.1) is 0 Å². The lowest BCUT2D eigenvalue weighted by molar-refractivity contribution is 0.0600. The van der Waals surface area contributed by atoms with Gasteiger partial charge in [0.05, 0.1) is 26.0 Å². The second kappa shape index (κ2) is 7.26. The molecule has 2 aromatic rings. The summed E-state index contributed by atoms with van der Waals surface area (Å²) in [5, 5.41) is 0. The second-order valence-corrected chi connectivity index (χ2v) is 9.24. The number of fused-ring (bicyclic) bond motifs is 5. The third-order valence-electron chi connectivity index (χ3n) is 7.99. The molecule has 5 rings (SSSR count). The Morgan fingerprint density at radius 1 is 1.17 bits per heavy atom. The highest BCUT2D eigenvalue weighted by atomic mass is 16.5. The van der Waals surface area contributed by atoms with Crippen molar-refractivity contribution in [2.45, 2.75) is 44.9 Å². The molecule has 4 unspecified atom stereocenters. The molecule has 1 heterocycles. The Balaban J connectivity index is 1.44. The van der Waals surface area contributed by atoms with Gasteiger partial charge in [-0.3, -0.25) is 4.98 Å². The highest BCUT2D eigenvalue weighted by Crippen LogP contribution is 2.63. The van der Waals surface area contributed by atoms with E-state index in [1.807, 2.05) is 12.3 Å². The molecule has 4 atom stereocenters. The summed E-state index contributed by atoms with van der Waals surface area (Å²) in [5.41, 5.74) is 6.31. The largest absolute Gasteiger partial charge is 0.495 e. The average molecular weight is 404 g/mol. The van der Waals surface area contributed by atoms with Crippen LogP contribution in [0.15, 0.2) is 42.7 Å². The molecule has 0 amide bonds. The molecule has 156 valence electrons. The molecular weight excluding hydrogens is 374 g/mol. The van der Waals surface area contributed by atoms with Crippen LogP contribution < -0.4 is 4.74 Å². The van der Waals surface area contributed by atoms with Gasteiger partial charge >= 0.3 is 5.97 Å². The molecule has 0 bridgehead atoms. The van der Waals surface area contributed by atoms with Crippen LogP contribution in [0.5, 0.6) is 5.75 Å². The zero-order valence-corrected chi connectivity index (χ0v) is 18.0. The Kier molecular flexibility index (Phi) is 4.68. The number of aromatic nitrogens is 1. The molecule has 0 aliphatic heterocycles. The normalized spacial score (nSPS) is 29.3. The number of esters is 1. The first-order valence-corrected chi connectivity index (χ1v) is 11.0. The van der Waals surface area contributed by atoms with E-state index in [1.54, 1.807) is 13.3 Å². The highest BCUT2D eigenvalue weighted by molar-refractivity contribution is 5.89. The van der Waals surface area contributed by atoms with Crippen LogP contribution in [-0.2, 0) is 11.2 Å². The summed E-state index contributed by atoms with van der Waals surface area (Å²) >= 11 is 0. The monoisotopic (exact) mass is 403 g/mol. The Hall–Kier alpha value is -2.62. The zero-order chi connectivity index (χ0) is 20.9. The van der Waals surface area contributed by atoms with Crippen molar-refractivity contribution < 1.29 is 14.3 Å². The van der Waals surface area contributed by atoms with Gasteiger partial charge in [0, 0.05) is 6.20 Å². The predicted molar refractivity (Wildman–Crippen MR) is 117 cm³/mol. The molecule has 0 radical (unpaired) electrons. The smallest absolute Gasteiger partial charge is 0.337 e. The van der Waals surface area contributed by atoms with Crippen molar-refractivity contribution in [2.75, 3.05) is 14.2 Å². The molecule has 3 aliphatic carbocycles. The predicted octanol–water partition coefficient (Wildman–Crippen LogP) is 5.43. The van der Waals surface area contributed by atoms with Crippen molar-refractivity contribution in [3.05, 3.63) is 65.0 Å². The lowest BCUT2D eigenvalue weighted by atomic mass is 9.54. The molecule has 4 nitrogen and oxygen atoms in total. The molecule has 1 aromatic carbocycles. The molecule has 1 saturated carbocycles. The van der Waals surface area contributed by atoms with Gasteiger partial charge in [-0.25, -0.2) is 4.79 Å². The minimum absolute atomic E-state index is 0.193. The molecule has 0 spiro atoms. The number of ether oxygens (including phenoxy) is 2. The van der Waals surface area contributed by atoms with Crippen LogP contribution in [0.25, 0.3) is 5.57 Å². The lowest BCUT2D eigenvalue weighted by Crippen LogP contribution is -2.41. The second-order valence-electron chi connectivity index (χ2n) is 9.24. The van der Waals surface area contributed by atoms with Crippen molar-refractivity contribution in [2.24, 2.45) is 17.3 Å². The zero-order valence-electron chi connectivity index (χ0n) is 18.0. The van der Waals surface area contributed by atoms with Gasteiger partial charge < -0.3 is 9.47 Å². The first-order chi connectivity index (χ1) is 14.5. The molecule has 0 N–H and O–H groups in total. The summed E-state index contributed by atoms with van der Waals surface area (Å²) in [4.78, 5) is 16.4. The molecular formula is C26H29NO3. The van der Waals surface area contributed by atoms with E-state index in [0.29, 0.717) is 23.3 Å². The van der Waals surface area contributed by atoms with E-state index in [1.165, 1.54) is 48.6 Å². The summed E-state index contributed by atoms with van der Waals surface area (Å²) in [7, 11) is 3.15. The first-order valence-electron chi connectivity index (χ1n) is 11.0. The average Bonchev–Trinajstić information content (AvgIpc) is 3.15. The number of carbonyl (C=O) groups excluding carboxylic acids is 1. The summed E-state index contributed by atoms with van der Waals surface area (Å²) in [5.74, 6) is 2.52. The fourth-order valence-corrected chi connectivity index (χ4v) is 6.52. The molecule has 4 heteroatoms. The Bertz CT molecular complexity index is 1030. The number of allylic oxidation sites excluding steroid dienone is 2. The fraction of sp³-hybridized carbons (Fsp3) is 0.462. The van der Waals surface area contributed by atoms with Crippen LogP contribution in [-0.4, -0.2) is 25.2 Å². The summed E-state index contributed by atoms with van der Waals surface area (Å²) < 4.78 is 10.3. The Labute approximate surface area is 178 Å². The lowest BCUT2D eigenvalue weighted by Gasteiger charge is -2.50. The summed E-state index contributed by atoms with van der Waals surface area (Å²) in [6.07, 6.45) is 12.0. The van der Waals surface area contributed by atoms with Gasteiger partial charge in [-0.1, -0.05) is 19.1 Å². The van der Waals surface area contributed by atoms with E-state index in [9.17, 15) is 4.79 Å². The van der Waals surface area contributed by atoms with Crippen molar-refractivity contribution in [1.29, 1.82) is 0 Å². The van der Waals surface area contributed by atoms with E-state index in [2.05, 4.69) is 36.2 Å². The Morgan fingerprint density at radius 3 is 2.83 bits per heavy atom. The van der Waals surface area contributed by atoms with Crippen molar-refractivity contribution in [1.82, 2.24) is 4.98 Å². The van der Waals surface area contributed by atoms with Crippen LogP contribution in [0.2, 0.25) is 0 Å². The van der Waals surface area contributed by atoms with Crippen molar-refractivity contribution >= 4 is 11.5 Å². The maximum Gasteiger partial charge on any atom is 0.337 e. The van der Waals surface area contributed by atoms with Crippen LogP contribution in [0.3, 0.4) is 0 Å². The number of carbonyl (C=O) groups is 1. The van der Waals surface area contributed by atoms with Gasteiger partial charge in [0.1, 0.15) is 5.75 Å². The number of rotatable bonds is 3. The minimum Gasteiger partial charge on any atom is -0.495 e. The van der Waals surface area contributed by atoms with Crippen LogP contribution in [0.4, 0.5) is 0 Å². The third kappa shape index (κ3) is 2.88. The number of nitrogens with zero attached hydrogens (tertiary/aromatic N) is 1. The summed E-state index contributed by atoms with van der Waals surface area (Å²) in [6, 6.07) is 8.33. The number of aryl methyl sites for hydroxylation is 1. The van der Waals surface area contributed by atoms with Gasteiger partial charge in [0.25, 0.3) is 0 Å². The van der Waals surface area contributed by atoms with E-state index < -0.39 is 0 Å². The van der Waals surface area contributed by atoms with Gasteiger partial charge in [-0.2, -0.15) is 0 Å². The number of methoxy groups -OCH3 is 2. The fourth-order valence-electron chi connectivity index (χ4n) is 6.52. The van der Waals surface area contributed by atoms with Crippen LogP contribution in [0.1, 0.15) is 65.6 Å². The molecule has 1 fully saturated rings. The van der Waals surface area contributed by atoms with Gasteiger partial charge in [0.15, 0.2) is 0 Å². The standard InChI is InChI=1S/C26H29NO3/c1-26-11-10-21-20-6-5-17(25(28)30-3)12-16(20)4-7-22(21)24(26)9-8-23(26)18-13-19(29-2)15-27-14-18/h5-6,8,12-15,21-22,24H,4,7,9-11H2,1-3H3. The SMILES string of the molecule is COC(=O)c1ccc2c(c1)CCC1C2CCC2(C)C(c3cncc(OC)c3)=CCC12. The van der Waals surface area contributed by atoms with Crippen molar-refractivity contribution in [3.63, 3.8) is 0 Å². The maximum absolute atomic E-state index is 11.9. The number of hydrogen-bond acceptors (Lipinski definition) is 4. The summed E-state index contributed by atoms with van der Waals surface area (Å²) in [6.45, 7) is 2.46. The van der Waals surface area contributed by atoms with E-state index in [-0.39, 0.29) is 11.4 Å².